The smallest absolute Gasteiger partial charge is 0.337 e. The average molecular weight is 309 g/mol. The quantitative estimate of drug-likeness (QED) is 0.754. The van der Waals surface area contributed by atoms with Crippen LogP contribution in [-0.4, -0.2) is 28.2 Å². The molecule has 0 aliphatic heterocycles. The number of benzene rings is 2. The molecule has 0 amide bonds. The summed E-state index contributed by atoms with van der Waals surface area (Å²) in [6, 6.07) is 13.0. The first-order chi connectivity index (χ1) is 11.2. The van der Waals surface area contributed by atoms with E-state index in [9.17, 15) is 9.90 Å². The van der Waals surface area contributed by atoms with Crippen molar-refractivity contribution in [2.45, 2.75) is 6.54 Å². The molecule has 23 heavy (non-hydrogen) atoms. The number of aromatic carboxylic acids is 1. The van der Waals surface area contributed by atoms with Gasteiger partial charge in [0.05, 0.1) is 23.6 Å². The van der Waals surface area contributed by atoms with Crippen LogP contribution in [0.5, 0.6) is 5.75 Å². The molecule has 0 aliphatic rings. The Kier molecular flexibility index (Phi) is 4.05. The molecular formula is C17H15N3O3. The number of anilines is 1. The van der Waals surface area contributed by atoms with Gasteiger partial charge in [-0.2, -0.15) is 0 Å². The van der Waals surface area contributed by atoms with Gasteiger partial charge >= 0.3 is 5.97 Å². The molecule has 0 spiro atoms. The Morgan fingerprint density at radius 1 is 1.17 bits per heavy atom. The Morgan fingerprint density at radius 2 is 1.96 bits per heavy atom. The minimum Gasteiger partial charge on any atom is -0.496 e. The van der Waals surface area contributed by atoms with Crippen LogP contribution in [0.4, 0.5) is 5.82 Å². The fourth-order valence-electron chi connectivity index (χ4n) is 2.40. The summed E-state index contributed by atoms with van der Waals surface area (Å²) in [5.41, 5.74) is 1.56. The first-order valence-electron chi connectivity index (χ1n) is 7.03. The number of hydrogen-bond donors (Lipinski definition) is 2. The normalized spacial score (nSPS) is 10.5. The van der Waals surface area contributed by atoms with Crippen LogP contribution < -0.4 is 10.1 Å². The fourth-order valence-corrected chi connectivity index (χ4v) is 2.40. The van der Waals surface area contributed by atoms with Gasteiger partial charge in [0.25, 0.3) is 0 Å². The van der Waals surface area contributed by atoms with E-state index in [1.807, 2.05) is 30.3 Å². The van der Waals surface area contributed by atoms with Crippen molar-refractivity contribution < 1.29 is 14.6 Å². The summed E-state index contributed by atoms with van der Waals surface area (Å²) < 4.78 is 5.34. The van der Waals surface area contributed by atoms with Crippen molar-refractivity contribution in [1.82, 2.24) is 9.97 Å². The zero-order valence-electron chi connectivity index (χ0n) is 12.5. The van der Waals surface area contributed by atoms with Gasteiger partial charge in [0, 0.05) is 6.54 Å². The van der Waals surface area contributed by atoms with Crippen molar-refractivity contribution >= 4 is 22.7 Å². The van der Waals surface area contributed by atoms with Crippen LogP contribution in [0.1, 0.15) is 15.9 Å². The summed E-state index contributed by atoms with van der Waals surface area (Å²) in [7, 11) is 1.53. The number of rotatable bonds is 5. The van der Waals surface area contributed by atoms with Gasteiger partial charge in [-0.15, -0.1) is 0 Å². The summed E-state index contributed by atoms with van der Waals surface area (Å²) >= 11 is 0. The molecule has 116 valence electrons. The van der Waals surface area contributed by atoms with Crippen LogP contribution in [0.25, 0.3) is 10.9 Å². The third-order valence-corrected chi connectivity index (χ3v) is 3.50. The Balaban J connectivity index is 2.06. The third kappa shape index (κ3) is 2.91. The maximum absolute atomic E-state index is 11.4. The standard InChI is InChI=1S/C17H15N3O3/c1-23-13-8-7-12(17(21)22)15-14(13)16(20-10-19-15)18-9-11-5-3-2-4-6-11/h2-8,10H,9H2,1H3,(H,21,22)(H,18,19,20). The number of hydrogen-bond acceptors (Lipinski definition) is 5. The first-order valence-corrected chi connectivity index (χ1v) is 7.03. The molecule has 0 bridgehead atoms. The monoisotopic (exact) mass is 309 g/mol. The van der Waals surface area contributed by atoms with E-state index in [4.69, 9.17) is 4.74 Å². The van der Waals surface area contributed by atoms with Gasteiger partial charge in [-0.05, 0) is 17.7 Å². The van der Waals surface area contributed by atoms with Crippen LogP contribution in [0.3, 0.4) is 0 Å². The SMILES string of the molecule is COc1ccc(C(=O)O)c2ncnc(NCc3ccccc3)c12. The molecule has 3 aromatic rings. The summed E-state index contributed by atoms with van der Waals surface area (Å²) in [4.78, 5) is 19.7. The molecule has 0 saturated heterocycles. The van der Waals surface area contributed by atoms with Crippen molar-refractivity contribution in [1.29, 1.82) is 0 Å². The number of fused-ring (bicyclic) bond motifs is 1. The van der Waals surface area contributed by atoms with Gasteiger partial charge in [0.15, 0.2) is 0 Å². The van der Waals surface area contributed by atoms with Gasteiger partial charge in [-0.1, -0.05) is 30.3 Å². The molecule has 0 radical (unpaired) electrons. The van der Waals surface area contributed by atoms with E-state index in [0.29, 0.717) is 29.0 Å². The van der Waals surface area contributed by atoms with Gasteiger partial charge in [0.2, 0.25) is 0 Å². The minimum absolute atomic E-state index is 0.117. The Labute approximate surface area is 132 Å². The molecule has 6 heteroatoms. The summed E-state index contributed by atoms with van der Waals surface area (Å²) in [5.74, 6) is 0.0327. The van der Waals surface area contributed by atoms with E-state index in [1.165, 1.54) is 19.5 Å². The maximum atomic E-state index is 11.4. The second-order valence-electron chi connectivity index (χ2n) is 4.91. The first kappa shape index (κ1) is 14.8. The molecule has 0 atom stereocenters. The van der Waals surface area contributed by atoms with Crippen molar-refractivity contribution in [2.75, 3.05) is 12.4 Å². The predicted octanol–water partition coefficient (Wildman–Crippen LogP) is 2.95. The number of carbonyl (C=O) groups is 1. The van der Waals surface area contributed by atoms with Crippen LogP contribution in [0.15, 0.2) is 48.8 Å². The lowest BCUT2D eigenvalue weighted by Gasteiger charge is -2.12. The number of methoxy groups -OCH3 is 1. The molecule has 1 aromatic heterocycles. The molecule has 0 aliphatic carbocycles. The highest BCUT2D eigenvalue weighted by atomic mass is 16.5. The lowest BCUT2D eigenvalue weighted by Crippen LogP contribution is -2.06. The van der Waals surface area contributed by atoms with Crippen LogP contribution in [0, 0.1) is 0 Å². The topological polar surface area (TPSA) is 84.3 Å². The highest BCUT2D eigenvalue weighted by molar-refractivity contribution is 6.07. The van der Waals surface area contributed by atoms with Crippen molar-refractivity contribution in [3.8, 4) is 5.75 Å². The van der Waals surface area contributed by atoms with E-state index in [0.717, 1.165) is 5.56 Å². The highest BCUT2D eigenvalue weighted by Gasteiger charge is 2.16. The minimum atomic E-state index is -1.04. The number of ether oxygens (including phenoxy) is 1. The Bertz CT molecular complexity index is 850. The van der Waals surface area contributed by atoms with Gasteiger partial charge in [0.1, 0.15) is 17.9 Å². The number of aromatic nitrogens is 2. The van der Waals surface area contributed by atoms with Crippen molar-refractivity contribution in [2.24, 2.45) is 0 Å². The molecule has 2 N–H and O–H groups in total. The molecular weight excluding hydrogens is 294 g/mol. The zero-order chi connectivity index (χ0) is 16.2. The van der Waals surface area contributed by atoms with Gasteiger partial charge in [-0.25, -0.2) is 14.8 Å². The van der Waals surface area contributed by atoms with Crippen molar-refractivity contribution in [3.05, 3.63) is 59.9 Å². The van der Waals surface area contributed by atoms with E-state index < -0.39 is 5.97 Å². The largest absolute Gasteiger partial charge is 0.496 e. The molecule has 2 aromatic carbocycles. The van der Waals surface area contributed by atoms with E-state index >= 15 is 0 Å². The Hall–Kier alpha value is -3.15. The van der Waals surface area contributed by atoms with Gasteiger partial charge in [-0.3, -0.25) is 0 Å². The van der Waals surface area contributed by atoms with Crippen LogP contribution in [0.2, 0.25) is 0 Å². The number of nitrogens with one attached hydrogen (secondary N) is 1. The number of nitrogens with zero attached hydrogens (tertiary/aromatic N) is 2. The second-order valence-corrected chi connectivity index (χ2v) is 4.91. The van der Waals surface area contributed by atoms with E-state index in [-0.39, 0.29) is 5.56 Å². The molecule has 1 heterocycles. The van der Waals surface area contributed by atoms with Crippen LogP contribution >= 0.6 is 0 Å². The summed E-state index contributed by atoms with van der Waals surface area (Å²) in [6.45, 7) is 0.563. The van der Waals surface area contributed by atoms with E-state index in [2.05, 4.69) is 15.3 Å². The number of carboxylic acids is 1. The number of carboxylic acid groups (broad SMARTS) is 1. The maximum Gasteiger partial charge on any atom is 0.337 e. The lowest BCUT2D eigenvalue weighted by atomic mass is 10.1. The van der Waals surface area contributed by atoms with Gasteiger partial charge < -0.3 is 15.2 Å². The predicted molar refractivity (Wildman–Crippen MR) is 86.8 cm³/mol. The highest BCUT2D eigenvalue weighted by Crippen LogP contribution is 2.32. The van der Waals surface area contributed by atoms with E-state index in [1.54, 1.807) is 6.07 Å². The lowest BCUT2D eigenvalue weighted by molar-refractivity contribution is 0.0699. The fraction of sp³-hybridized carbons (Fsp3) is 0.118. The molecule has 6 nitrogen and oxygen atoms in total. The zero-order valence-corrected chi connectivity index (χ0v) is 12.5. The summed E-state index contributed by atoms with van der Waals surface area (Å²) in [6.07, 6.45) is 1.35. The summed E-state index contributed by atoms with van der Waals surface area (Å²) in [5, 5.41) is 13.1. The molecule has 3 rings (SSSR count). The molecule has 0 unspecified atom stereocenters. The molecule has 0 fully saturated rings. The Morgan fingerprint density at radius 3 is 2.65 bits per heavy atom. The average Bonchev–Trinajstić information content (AvgIpc) is 2.59. The third-order valence-electron chi connectivity index (χ3n) is 3.50. The van der Waals surface area contributed by atoms with Crippen molar-refractivity contribution in [3.63, 3.8) is 0 Å². The second kappa shape index (κ2) is 6.31. The van der Waals surface area contributed by atoms with Crippen LogP contribution in [-0.2, 0) is 6.54 Å². The molecule has 0 saturated carbocycles.